The zero-order valence-electron chi connectivity index (χ0n) is 8.04. The largest absolute Gasteiger partial charge is 0.361 e. The van der Waals surface area contributed by atoms with Crippen molar-refractivity contribution in [2.45, 2.75) is 31.5 Å². The highest BCUT2D eigenvalue weighted by molar-refractivity contribution is 5.85. The minimum absolute atomic E-state index is 0. The van der Waals surface area contributed by atoms with Crippen molar-refractivity contribution in [1.29, 1.82) is 0 Å². The van der Waals surface area contributed by atoms with E-state index in [1.165, 1.54) is 0 Å². The van der Waals surface area contributed by atoms with Gasteiger partial charge in [0.25, 0.3) is 0 Å². The molecule has 0 unspecified atom stereocenters. The lowest BCUT2D eigenvalue weighted by Gasteiger charge is -2.40. The molecule has 1 aliphatic heterocycles. The van der Waals surface area contributed by atoms with E-state index in [1.54, 1.807) is 4.90 Å². The van der Waals surface area contributed by atoms with E-state index in [4.69, 9.17) is 10.2 Å². The first-order valence-corrected chi connectivity index (χ1v) is 4.44. The first kappa shape index (κ1) is 14.0. The van der Waals surface area contributed by atoms with Gasteiger partial charge in [-0.25, -0.2) is 0 Å². The molecule has 1 saturated heterocycles. The minimum atomic E-state index is -3.42. The highest BCUT2D eigenvalue weighted by Crippen LogP contribution is 2.34. The van der Waals surface area contributed by atoms with Gasteiger partial charge >= 0.3 is 5.92 Å². The van der Waals surface area contributed by atoms with E-state index >= 15 is 0 Å². The lowest BCUT2D eigenvalue weighted by molar-refractivity contribution is -0.317. The maximum Gasteiger partial charge on any atom is 0.312 e. The molecule has 14 heavy (non-hydrogen) atoms. The van der Waals surface area contributed by atoms with E-state index in [-0.39, 0.29) is 18.8 Å². The normalized spacial score (nSPS) is 25.5. The number of nitrogens with zero attached hydrogens (tertiary/aromatic N) is 1. The standard InChI is InChI=1S/C8H15F2NO2.ClH/c1-2-4-11-5-3-8(12,13)7(9,10)6-11;/h12-13H,2-6H2,1H3;1H. The van der Waals surface area contributed by atoms with Crippen LogP contribution in [0.2, 0.25) is 0 Å². The summed E-state index contributed by atoms with van der Waals surface area (Å²) in [6, 6.07) is 0. The third-order valence-electron chi connectivity index (χ3n) is 2.32. The summed E-state index contributed by atoms with van der Waals surface area (Å²) in [5.41, 5.74) is 0. The van der Waals surface area contributed by atoms with Crippen LogP contribution in [-0.4, -0.2) is 46.5 Å². The van der Waals surface area contributed by atoms with Gasteiger partial charge in [0.05, 0.1) is 6.54 Å². The van der Waals surface area contributed by atoms with E-state index in [0.29, 0.717) is 13.1 Å². The second kappa shape index (κ2) is 4.70. The van der Waals surface area contributed by atoms with Crippen LogP contribution in [0.4, 0.5) is 8.78 Å². The Bertz CT molecular complexity index is 190. The SMILES string of the molecule is CCCN1CCC(O)(O)C(F)(F)C1.Cl. The summed E-state index contributed by atoms with van der Waals surface area (Å²) in [7, 11) is 0. The van der Waals surface area contributed by atoms with Crippen LogP contribution in [0, 0.1) is 0 Å². The second-order valence-electron chi connectivity index (χ2n) is 3.55. The summed E-state index contributed by atoms with van der Waals surface area (Å²) in [6.07, 6.45) is 0.500. The molecule has 86 valence electrons. The Balaban J connectivity index is 0.00000169. The van der Waals surface area contributed by atoms with Crippen LogP contribution in [-0.2, 0) is 0 Å². The molecule has 1 aliphatic rings. The summed E-state index contributed by atoms with van der Waals surface area (Å²) in [5.74, 6) is -6.24. The molecule has 0 bridgehead atoms. The number of hydrogen-bond donors (Lipinski definition) is 2. The van der Waals surface area contributed by atoms with Crippen molar-refractivity contribution in [2.75, 3.05) is 19.6 Å². The van der Waals surface area contributed by atoms with Crippen LogP contribution in [0.25, 0.3) is 0 Å². The molecule has 0 spiro atoms. The molecule has 0 saturated carbocycles. The average molecular weight is 232 g/mol. The smallest absolute Gasteiger partial charge is 0.312 e. The zero-order chi connectivity index (χ0) is 10.1. The summed E-state index contributed by atoms with van der Waals surface area (Å²) < 4.78 is 26.0. The highest BCUT2D eigenvalue weighted by Gasteiger charge is 2.54. The molecule has 2 N–H and O–H groups in total. The van der Waals surface area contributed by atoms with Gasteiger partial charge in [0.1, 0.15) is 0 Å². The fourth-order valence-corrected chi connectivity index (χ4v) is 1.49. The quantitative estimate of drug-likeness (QED) is 0.693. The van der Waals surface area contributed by atoms with Crippen molar-refractivity contribution >= 4 is 12.4 Å². The van der Waals surface area contributed by atoms with Crippen LogP contribution in [0.1, 0.15) is 19.8 Å². The molecule has 1 rings (SSSR count). The monoisotopic (exact) mass is 231 g/mol. The third-order valence-corrected chi connectivity index (χ3v) is 2.32. The van der Waals surface area contributed by atoms with Crippen molar-refractivity contribution in [3.05, 3.63) is 0 Å². The average Bonchev–Trinajstić information content (AvgIpc) is 1.98. The van der Waals surface area contributed by atoms with Gasteiger partial charge in [-0.3, -0.25) is 4.90 Å². The summed E-state index contributed by atoms with van der Waals surface area (Å²) >= 11 is 0. The number of hydrogen-bond acceptors (Lipinski definition) is 3. The van der Waals surface area contributed by atoms with Crippen LogP contribution < -0.4 is 0 Å². The van der Waals surface area contributed by atoms with Crippen molar-refractivity contribution in [1.82, 2.24) is 4.90 Å². The van der Waals surface area contributed by atoms with Gasteiger partial charge in [0.15, 0.2) is 0 Å². The molecule has 3 nitrogen and oxygen atoms in total. The molecule has 0 aromatic heterocycles. The Morgan fingerprint density at radius 1 is 1.36 bits per heavy atom. The van der Waals surface area contributed by atoms with Crippen molar-refractivity contribution < 1.29 is 19.0 Å². The maximum absolute atomic E-state index is 13.0. The molecule has 0 aromatic rings. The molecule has 1 fully saturated rings. The Hall–Kier alpha value is 0.0300. The van der Waals surface area contributed by atoms with E-state index in [2.05, 4.69) is 0 Å². The number of halogens is 3. The molecule has 1 heterocycles. The number of rotatable bonds is 2. The van der Waals surface area contributed by atoms with E-state index < -0.39 is 18.3 Å². The predicted octanol–water partition coefficient (Wildman–Crippen LogP) is 0.840. The number of aliphatic hydroxyl groups is 2. The lowest BCUT2D eigenvalue weighted by atomic mass is 9.99. The van der Waals surface area contributed by atoms with Crippen LogP contribution in [0.3, 0.4) is 0 Å². The van der Waals surface area contributed by atoms with E-state index in [9.17, 15) is 8.78 Å². The van der Waals surface area contributed by atoms with Gasteiger partial charge in [0, 0.05) is 13.0 Å². The van der Waals surface area contributed by atoms with Crippen molar-refractivity contribution in [3.8, 4) is 0 Å². The summed E-state index contributed by atoms with van der Waals surface area (Å²) in [5, 5.41) is 17.9. The van der Waals surface area contributed by atoms with Crippen LogP contribution >= 0.6 is 12.4 Å². The number of piperidine rings is 1. The van der Waals surface area contributed by atoms with Crippen molar-refractivity contribution in [3.63, 3.8) is 0 Å². The molecule has 6 heteroatoms. The number of alkyl halides is 2. The van der Waals surface area contributed by atoms with E-state index in [0.717, 1.165) is 6.42 Å². The maximum atomic E-state index is 13.0. The predicted molar refractivity (Wildman–Crippen MR) is 50.7 cm³/mol. The molecular weight excluding hydrogens is 216 g/mol. The fraction of sp³-hybridized carbons (Fsp3) is 1.00. The molecular formula is C8H16ClF2NO2. The Morgan fingerprint density at radius 2 is 1.93 bits per heavy atom. The van der Waals surface area contributed by atoms with E-state index in [1.807, 2.05) is 6.92 Å². The van der Waals surface area contributed by atoms with Gasteiger partial charge in [-0.2, -0.15) is 8.78 Å². The molecule has 0 aromatic carbocycles. The van der Waals surface area contributed by atoms with Gasteiger partial charge < -0.3 is 10.2 Å². The van der Waals surface area contributed by atoms with Gasteiger partial charge in [0.2, 0.25) is 5.79 Å². The summed E-state index contributed by atoms with van der Waals surface area (Å²) in [6.45, 7) is 2.23. The zero-order valence-corrected chi connectivity index (χ0v) is 8.86. The highest BCUT2D eigenvalue weighted by atomic mass is 35.5. The Kier molecular flexibility index (Phi) is 4.71. The first-order chi connectivity index (χ1) is 5.89. The third kappa shape index (κ3) is 2.76. The topological polar surface area (TPSA) is 43.7 Å². The molecule has 0 atom stereocenters. The fourth-order valence-electron chi connectivity index (χ4n) is 1.49. The first-order valence-electron chi connectivity index (χ1n) is 4.44. The van der Waals surface area contributed by atoms with Crippen LogP contribution in [0.15, 0.2) is 0 Å². The van der Waals surface area contributed by atoms with Gasteiger partial charge in [-0.05, 0) is 13.0 Å². The minimum Gasteiger partial charge on any atom is -0.361 e. The van der Waals surface area contributed by atoms with Gasteiger partial charge in [-0.15, -0.1) is 12.4 Å². The lowest BCUT2D eigenvalue weighted by Crippen LogP contribution is -2.60. The number of likely N-dealkylation sites (tertiary alicyclic amines) is 1. The second-order valence-corrected chi connectivity index (χ2v) is 3.55. The van der Waals surface area contributed by atoms with Crippen LogP contribution in [0.5, 0.6) is 0 Å². The molecule has 0 aliphatic carbocycles. The Morgan fingerprint density at radius 3 is 2.36 bits per heavy atom. The Labute approximate surface area is 88.1 Å². The molecule has 0 amide bonds. The van der Waals surface area contributed by atoms with Gasteiger partial charge in [-0.1, -0.05) is 6.92 Å². The summed E-state index contributed by atoms with van der Waals surface area (Å²) in [4.78, 5) is 1.55. The van der Waals surface area contributed by atoms with Crippen molar-refractivity contribution in [2.24, 2.45) is 0 Å². The molecule has 0 radical (unpaired) electrons.